The Kier molecular flexibility index (Phi) is 16.7. The van der Waals surface area contributed by atoms with Crippen molar-refractivity contribution in [3.05, 3.63) is 92.2 Å². The van der Waals surface area contributed by atoms with Gasteiger partial charge >= 0.3 is 11.6 Å². The molecule has 0 bridgehead atoms. The second kappa shape index (κ2) is 20.4. The Morgan fingerprint density at radius 2 is 1.31 bits per heavy atom. The van der Waals surface area contributed by atoms with Crippen LogP contribution in [0.2, 0.25) is 0 Å². The van der Waals surface area contributed by atoms with E-state index in [2.05, 4.69) is 31.8 Å². The molecule has 2 N–H and O–H groups in total. The Hall–Kier alpha value is -5.32. The first-order valence-electron chi connectivity index (χ1n) is 13.8. The number of aromatic carboxylic acids is 1. The van der Waals surface area contributed by atoms with Crippen molar-refractivity contribution >= 4 is 40.4 Å². The molecule has 0 spiro atoms. The van der Waals surface area contributed by atoms with Crippen molar-refractivity contribution in [3.63, 3.8) is 0 Å². The molecule has 0 fully saturated rings. The molecule has 2 aromatic carbocycles. The number of hydrogen-bond acceptors (Lipinski definition) is 15. The largest absolute Gasteiger partial charge is 0.497 e. The second-order valence-corrected chi connectivity index (χ2v) is 10.7. The fraction of sp³-hybridized carbons (Fsp3) is 0.188. The summed E-state index contributed by atoms with van der Waals surface area (Å²) in [5.74, 6) is 7.34. The maximum Gasteiger partial charge on any atom is 0.363 e. The Morgan fingerprint density at radius 3 is 1.80 bits per heavy atom. The molecule has 16 nitrogen and oxygen atoms in total. The van der Waals surface area contributed by atoms with Gasteiger partial charge in [0.15, 0.2) is 21.5 Å². The summed E-state index contributed by atoms with van der Waals surface area (Å²) >= 11 is 2.63. The summed E-state index contributed by atoms with van der Waals surface area (Å²) < 4.78 is 26.2. The molecule has 0 saturated heterocycles. The summed E-state index contributed by atoms with van der Waals surface area (Å²) in [6.45, 7) is 0. The van der Waals surface area contributed by atoms with E-state index in [4.69, 9.17) is 38.7 Å². The number of thioether (sulfide) groups is 2. The molecule has 0 aliphatic rings. The van der Waals surface area contributed by atoms with Gasteiger partial charge in [0.2, 0.25) is 0 Å². The van der Waals surface area contributed by atoms with Crippen LogP contribution in [0.3, 0.4) is 0 Å². The zero-order valence-electron chi connectivity index (χ0n) is 27.6. The van der Waals surface area contributed by atoms with Crippen LogP contribution in [0.25, 0.3) is 22.2 Å². The van der Waals surface area contributed by atoms with E-state index in [1.54, 1.807) is 83.4 Å². The van der Waals surface area contributed by atoms with Gasteiger partial charge in [0.1, 0.15) is 28.8 Å². The summed E-state index contributed by atoms with van der Waals surface area (Å²) in [7, 11) is 6.22. The summed E-state index contributed by atoms with van der Waals surface area (Å²) in [6, 6.07) is 12.2. The molecule has 3 aromatic heterocycles. The van der Waals surface area contributed by atoms with Gasteiger partial charge in [-0.05, 0) is 42.8 Å². The summed E-state index contributed by atoms with van der Waals surface area (Å²) in [5, 5.41) is 24.4. The Labute approximate surface area is 314 Å². The van der Waals surface area contributed by atoms with Crippen molar-refractivity contribution in [2.75, 3.05) is 41.0 Å². The van der Waals surface area contributed by atoms with Crippen molar-refractivity contribution in [1.82, 2.24) is 19.9 Å². The number of aromatic nitrogens is 4. The normalized spacial score (nSPS) is 9.69. The average molecular weight is 832 g/mol. The Balaban J connectivity index is 0.000000314. The topological polar surface area (TPSA) is 219 Å². The third kappa shape index (κ3) is 12.2. The molecule has 0 aliphatic carbocycles. The number of ether oxygens (including phenoxy) is 4. The molecule has 0 atom stereocenters. The van der Waals surface area contributed by atoms with Crippen LogP contribution < -0.4 is 24.6 Å². The minimum Gasteiger partial charge on any atom is -0.497 e. The molecule has 5 rings (SSSR count). The average Bonchev–Trinajstić information content (AvgIpc) is 3.13. The van der Waals surface area contributed by atoms with Gasteiger partial charge in [-0.3, -0.25) is 0 Å². The van der Waals surface area contributed by atoms with Crippen molar-refractivity contribution in [2.24, 2.45) is 0 Å². The number of nitrogens with zero attached hydrogens (tertiary/aromatic N) is 5. The standard InChI is InChI=1S/2C16H14N2O4S.Ag.HNO3/c1-20-11-4-9(5-12(7-11)21-2)13-6-10-8-17-16(23-3)18-14(10)15(19)22-13;1-21-12-6-10(7-13(8-12)22-2)4-5-11-9-17-16(23-3)18-14(11)15(19)20;;2-1(3)4/h4-8H,1-3H3;6-9H,1-3H3,(H,19,20);;(H,2,3,4). The van der Waals surface area contributed by atoms with E-state index in [9.17, 15) is 14.7 Å². The molecule has 0 saturated carbocycles. The Bertz CT molecular complexity index is 2080. The van der Waals surface area contributed by atoms with E-state index in [0.29, 0.717) is 55.6 Å². The number of carboxylic acids is 1. The molecular weight excluding hydrogens is 802 g/mol. The summed E-state index contributed by atoms with van der Waals surface area (Å²) in [5.41, 5.74) is 1.20. The van der Waals surface area contributed by atoms with E-state index in [-0.39, 0.29) is 39.2 Å². The summed E-state index contributed by atoms with van der Waals surface area (Å²) in [6.07, 6.45) is 6.65. The first-order valence-corrected chi connectivity index (χ1v) is 16.2. The van der Waals surface area contributed by atoms with Crippen LogP contribution in [0.15, 0.2) is 74.4 Å². The first-order chi connectivity index (χ1) is 23.9. The molecule has 5 aromatic rings. The third-order valence-electron chi connectivity index (χ3n) is 6.14. The molecule has 271 valence electrons. The number of hydrogen-bond donors (Lipinski definition) is 2. The van der Waals surface area contributed by atoms with Crippen LogP contribution in [-0.2, 0) is 22.4 Å². The molecule has 3 heterocycles. The van der Waals surface area contributed by atoms with Gasteiger partial charge in [0.05, 0.1) is 34.0 Å². The van der Waals surface area contributed by atoms with Gasteiger partial charge < -0.3 is 33.7 Å². The van der Waals surface area contributed by atoms with Crippen molar-refractivity contribution < 1.29 is 65.9 Å². The number of benzene rings is 2. The van der Waals surface area contributed by atoms with Crippen LogP contribution in [0, 0.1) is 22.0 Å². The van der Waals surface area contributed by atoms with Crippen LogP contribution in [0.1, 0.15) is 21.6 Å². The van der Waals surface area contributed by atoms with E-state index in [0.717, 1.165) is 0 Å². The van der Waals surface area contributed by atoms with Crippen molar-refractivity contribution in [3.8, 4) is 46.2 Å². The molecule has 19 heteroatoms. The van der Waals surface area contributed by atoms with E-state index in [1.165, 1.54) is 29.7 Å². The monoisotopic (exact) mass is 830 g/mol. The summed E-state index contributed by atoms with van der Waals surface area (Å²) in [4.78, 5) is 48.3. The second-order valence-electron chi connectivity index (χ2n) is 9.17. The molecule has 0 unspecified atom stereocenters. The van der Waals surface area contributed by atoms with Gasteiger partial charge in [0, 0.05) is 63.4 Å². The smallest absolute Gasteiger partial charge is 0.363 e. The zero-order valence-corrected chi connectivity index (χ0v) is 30.7. The van der Waals surface area contributed by atoms with E-state index < -0.39 is 16.7 Å². The van der Waals surface area contributed by atoms with Crippen LogP contribution in [0.4, 0.5) is 0 Å². The van der Waals surface area contributed by atoms with Crippen molar-refractivity contribution in [2.45, 2.75) is 10.3 Å². The fourth-order valence-corrected chi connectivity index (χ4v) is 4.57. The number of rotatable bonds is 8. The molecular formula is C32H29AgN5O11S2. The zero-order chi connectivity index (χ0) is 36.8. The number of fused-ring (bicyclic) bond motifs is 1. The number of carboxylic acid groups (broad SMARTS) is 1. The van der Waals surface area contributed by atoms with Gasteiger partial charge in [-0.15, -0.1) is 10.1 Å². The van der Waals surface area contributed by atoms with Gasteiger partial charge in [0.25, 0.3) is 5.09 Å². The van der Waals surface area contributed by atoms with Crippen LogP contribution in [0.5, 0.6) is 23.0 Å². The van der Waals surface area contributed by atoms with Crippen LogP contribution >= 0.6 is 23.5 Å². The molecule has 0 aliphatic heterocycles. The van der Waals surface area contributed by atoms with E-state index >= 15 is 0 Å². The Morgan fingerprint density at radius 1 is 0.824 bits per heavy atom. The predicted molar refractivity (Wildman–Crippen MR) is 183 cm³/mol. The van der Waals surface area contributed by atoms with Crippen molar-refractivity contribution in [1.29, 1.82) is 0 Å². The van der Waals surface area contributed by atoms with Crippen LogP contribution in [-0.4, -0.2) is 82.3 Å². The SMILES string of the molecule is COc1cc(C#Cc2cnc(SC)nc2C(=O)O)cc(OC)c1.COc1cc(OC)cc(-c2cc3cnc(SC)nc3c(=O)o2)c1.O=[N+]([O-])O.[Ag]. The quantitative estimate of drug-likeness (QED) is 0.0527. The molecule has 1 radical (unpaired) electrons. The van der Waals surface area contributed by atoms with Gasteiger partial charge in [-0.2, -0.15) is 0 Å². The number of methoxy groups -OCH3 is 4. The van der Waals surface area contributed by atoms with Gasteiger partial charge in [-0.1, -0.05) is 35.4 Å². The molecule has 0 amide bonds. The fourth-order valence-electron chi connectivity index (χ4n) is 3.89. The third-order valence-corrected chi connectivity index (χ3v) is 7.26. The maximum absolute atomic E-state index is 12.2. The number of carbonyl (C=O) groups is 1. The predicted octanol–water partition coefficient (Wildman–Crippen LogP) is 4.95. The molecule has 51 heavy (non-hydrogen) atoms. The van der Waals surface area contributed by atoms with Gasteiger partial charge in [-0.25, -0.2) is 29.5 Å². The van der Waals surface area contributed by atoms with E-state index in [1.807, 2.05) is 6.26 Å². The maximum atomic E-state index is 12.2. The minimum absolute atomic E-state index is 0. The first kappa shape index (κ1) is 41.8. The minimum atomic E-state index is -1.50.